The molecule has 0 saturated heterocycles. The van der Waals surface area contributed by atoms with Gasteiger partial charge in [0, 0.05) is 11.4 Å². The number of hydrogen-bond donors (Lipinski definition) is 1. The summed E-state index contributed by atoms with van der Waals surface area (Å²) in [7, 11) is -3.43. The Kier molecular flexibility index (Phi) is 5.61. The summed E-state index contributed by atoms with van der Waals surface area (Å²) in [5, 5.41) is 0. The first-order chi connectivity index (χ1) is 10.4. The molecule has 120 valence electrons. The molecule has 22 heavy (non-hydrogen) atoms. The summed E-state index contributed by atoms with van der Waals surface area (Å²) < 4.78 is 32.7. The molecule has 2 rings (SSSR count). The van der Waals surface area contributed by atoms with Gasteiger partial charge in [-0.15, -0.1) is 11.3 Å². The number of ether oxygens (including phenoxy) is 1. The Hall–Kier alpha value is -1.37. The summed E-state index contributed by atoms with van der Waals surface area (Å²) in [6.07, 6.45) is 0.843. The Bertz CT molecular complexity index is 736. The molecule has 1 N–H and O–H groups in total. The van der Waals surface area contributed by atoms with Crippen molar-refractivity contribution in [1.29, 1.82) is 0 Å². The van der Waals surface area contributed by atoms with E-state index >= 15 is 0 Å². The van der Waals surface area contributed by atoms with Crippen LogP contribution in [0, 0.1) is 13.8 Å². The predicted octanol–water partition coefficient (Wildman–Crippen LogP) is 3.28. The number of hydrogen-bond acceptors (Lipinski definition) is 4. The SMILES string of the molecule is CCc1ccc(S(=O)(=O)NCCOc2ccc(C)c(C)c2)s1. The van der Waals surface area contributed by atoms with Gasteiger partial charge in [-0.05, 0) is 55.7 Å². The van der Waals surface area contributed by atoms with Gasteiger partial charge in [-0.2, -0.15) is 0 Å². The summed E-state index contributed by atoms with van der Waals surface area (Å²) in [5.74, 6) is 0.756. The summed E-state index contributed by atoms with van der Waals surface area (Å²) in [4.78, 5) is 1.06. The van der Waals surface area contributed by atoms with Gasteiger partial charge in [0.1, 0.15) is 16.6 Å². The lowest BCUT2D eigenvalue weighted by Gasteiger charge is -2.09. The van der Waals surface area contributed by atoms with Crippen LogP contribution >= 0.6 is 11.3 Å². The monoisotopic (exact) mass is 339 g/mol. The molecule has 1 aromatic carbocycles. The van der Waals surface area contributed by atoms with Gasteiger partial charge < -0.3 is 4.74 Å². The lowest BCUT2D eigenvalue weighted by atomic mass is 10.1. The molecule has 4 nitrogen and oxygen atoms in total. The highest BCUT2D eigenvalue weighted by atomic mass is 32.2. The van der Waals surface area contributed by atoms with Crippen LogP contribution in [-0.2, 0) is 16.4 Å². The van der Waals surface area contributed by atoms with Crippen molar-refractivity contribution in [3.05, 3.63) is 46.3 Å². The summed E-state index contributed by atoms with van der Waals surface area (Å²) in [5.41, 5.74) is 2.36. The molecule has 2 aromatic rings. The van der Waals surface area contributed by atoms with E-state index in [1.807, 2.05) is 45.0 Å². The molecule has 0 aliphatic heterocycles. The van der Waals surface area contributed by atoms with E-state index in [1.165, 1.54) is 16.9 Å². The second kappa shape index (κ2) is 7.26. The van der Waals surface area contributed by atoms with Gasteiger partial charge in [-0.1, -0.05) is 13.0 Å². The second-order valence-electron chi connectivity index (χ2n) is 5.07. The van der Waals surface area contributed by atoms with Crippen LogP contribution in [0.15, 0.2) is 34.5 Å². The number of benzene rings is 1. The van der Waals surface area contributed by atoms with Crippen molar-refractivity contribution in [2.75, 3.05) is 13.2 Å². The standard InChI is InChI=1S/C16H21NO3S2/c1-4-15-7-8-16(21-15)22(18,19)17-9-10-20-14-6-5-12(2)13(3)11-14/h5-8,11,17H,4,9-10H2,1-3H3. The lowest BCUT2D eigenvalue weighted by molar-refractivity contribution is 0.322. The number of nitrogens with one attached hydrogen (secondary N) is 1. The maximum Gasteiger partial charge on any atom is 0.250 e. The number of sulfonamides is 1. The van der Waals surface area contributed by atoms with Gasteiger partial charge in [0.2, 0.25) is 10.0 Å². The Labute approximate surface area is 136 Å². The van der Waals surface area contributed by atoms with E-state index < -0.39 is 10.0 Å². The number of rotatable bonds is 7. The van der Waals surface area contributed by atoms with Crippen LogP contribution in [0.4, 0.5) is 0 Å². The van der Waals surface area contributed by atoms with Crippen LogP contribution in [0.1, 0.15) is 22.9 Å². The van der Waals surface area contributed by atoms with Crippen molar-refractivity contribution in [2.24, 2.45) is 0 Å². The molecule has 6 heteroatoms. The molecule has 0 amide bonds. The van der Waals surface area contributed by atoms with Crippen LogP contribution < -0.4 is 9.46 Å². The normalized spacial score (nSPS) is 11.6. The van der Waals surface area contributed by atoms with Gasteiger partial charge in [-0.3, -0.25) is 0 Å². The minimum absolute atomic E-state index is 0.245. The van der Waals surface area contributed by atoms with Crippen molar-refractivity contribution in [1.82, 2.24) is 4.72 Å². The molecule has 0 aliphatic rings. The fraction of sp³-hybridized carbons (Fsp3) is 0.375. The fourth-order valence-electron chi connectivity index (χ4n) is 1.91. The lowest BCUT2D eigenvalue weighted by Crippen LogP contribution is -2.27. The van der Waals surface area contributed by atoms with Gasteiger partial charge >= 0.3 is 0 Å². The quantitative estimate of drug-likeness (QED) is 0.788. The van der Waals surface area contributed by atoms with E-state index in [0.29, 0.717) is 10.8 Å². The highest BCUT2D eigenvalue weighted by Crippen LogP contribution is 2.21. The maximum atomic E-state index is 12.1. The largest absolute Gasteiger partial charge is 0.492 e. The first-order valence-corrected chi connectivity index (χ1v) is 9.51. The topological polar surface area (TPSA) is 55.4 Å². The molecule has 1 heterocycles. The van der Waals surface area contributed by atoms with Crippen LogP contribution in [0.25, 0.3) is 0 Å². The third kappa shape index (κ3) is 4.32. The van der Waals surface area contributed by atoms with Crippen LogP contribution in [0.3, 0.4) is 0 Å². The summed E-state index contributed by atoms with van der Waals surface area (Å²) in [6.45, 7) is 6.61. The first-order valence-electron chi connectivity index (χ1n) is 7.21. The highest BCUT2D eigenvalue weighted by Gasteiger charge is 2.15. The van der Waals surface area contributed by atoms with Gasteiger partial charge in [0.25, 0.3) is 0 Å². The molecule has 0 saturated carbocycles. The molecule has 0 atom stereocenters. The third-order valence-corrected chi connectivity index (χ3v) is 6.57. The van der Waals surface area contributed by atoms with Crippen molar-refractivity contribution in [3.8, 4) is 5.75 Å². The number of aryl methyl sites for hydroxylation is 3. The Morgan fingerprint density at radius 3 is 2.55 bits per heavy atom. The number of thiophene rings is 1. The molecular formula is C16H21NO3S2. The molecule has 0 bridgehead atoms. The van der Waals surface area contributed by atoms with Crippen molar-refractivity contribution < 1.29 is 13.2 Å². The van der Waals surface area contributed by atoms with E-state index in [0.717, 1.165) is 22.6 Å². The average Bonchev–Trinajstić information content (AvgIpc) is 2.97. The minimum atomic E-state index is -3.43. The highest BCUT2D eigenvalue weighted by molar-refractivity contribution is 7.91. The Balaban J connectivity index is 1.86. The first kappa shape index (κ1) is 17.0. The zero-order valence-corrected chi connectivity index (χ0v) is 14.7. The van der Waals surface area contributed by atoms with E-state index in [4.69, 9.17) is 4.74 Å². The molecular weight excluding hydrogens is 318 g/mol. The minimum Gasteiger partial charge on any atom is -0.492 e. The Morgan fingerprint density at radius 1 is 1.14 bits per heavy atom. The smallest absolute Gasteiger partial charge is 0.250 e. The molecule has 0 unspecified atom stereocenters. The van der Waals surface area contributed by atoms with E-state index in [1.54, 1.807) is 6.07 Å². The van der Waals surface area contributed by atoms with Gasteiger partial charge in [-0.25, -0.2) is 13.1 Å². The summed E-state index contributed by atoms with van der Waals surface area (Å²) in [6, 6.07) is 9.34. The van der Waals surface area contributed by atoms with Crippen molar-refractivity contribution >= 4 is 21.4 Å². The average molecular weight is 339 g/mol. The Morgan fingerprint density at radius 2 is 1.91 bits per heavy atom. The molecule has 0 spiro atoms. The maximum absolute atomic E-state index is 12.1. The molecule has 0 fully saturated rings. The molecule has 1 aromatic heterocycles. The molecule has 0 radical (unpaired) electrons. The third-order valence-electron chi connectivity index (χ3n) is 3.39. The zero-order valence-electron chi connectivity index (χ0n) is 13.0. The van der Waals surface area contributed by atoms with Crippen LogP contribution in [0.2, 0.25) is 0 Å². The van der Waals surface area contributed by atoms with E-state index in [-0.39, 0.29) is 6.54 Å². The van der Waals surface area contributed by atoms with E-state index in [2.05, 4.69) is 4.72 Å². The van der Waals surface area contributed by atoms with Crippen LogP contribution in [-0.4, -0.2) is 21.6 Å². The van der Waals surface area contributed by atoms with Gasteiger partial charge in [0.15, 0.2) is 0 Å². The van der Waals surface area contributed by atoms with Gasteiger partial charge in [0.05, 0.1) is 0 Å². The zero-order chi connectivity index (χ0) is 16.2. The fourth-order valence-corrected chi connectivity index (χ4v) is 4.27. The summed E-state index contributed by atoms with van der Waals surface area (Å²) >= 11 is 1.31. The van der Waals surface area contributed by atoms with Crippen molar-refractivity contribution in [3.63, 3.8) is 0 Å². The molecule has 0 aliphatic carbocycles. The second-order valence-corrected chi connectivity index (χ2v) is 8.23. The predicted molar refractivity (Wildman–Crippen MR) is 90.3 cm³/mol. The van der Waals surface area contributed by atoms with E-state index in [9.17, 15) is 8.42 Å². The van der Waals surface area contributed by atoms with Crippen molar-refractivity contribution in [2.45, 2.75) is 31.4 Å². The van der Waals surface area contributed by atoms with Crippen LogP contribution in [0.5, 0.6) is 5.75 Å².